The van der Waals surface area contributed by atoms with E-state index < -0.39 is 8.80 Å². The fraction of sp³-hybridized carbons (Fsp3) is 1.00. The van der Waals surface area contributed by atoms with Crippen molar-refractivity contribution in [1.82, 2.24) is 0 Å². The van der Waals surface area contributed by atoms with Crippen LogP contribution in [0.25, 0.3) is 0 Å². The molecule has 0 spiro atoms. The van der Waals surface area contributed by atoms with E-state index >= 15 is 0 Å². The molecular weight excluding hydrogens is 210 g/mol. The molecule has 1 unspecified atom stereocenters. The summed E-state index contributed by atoms with van der Waals surface area (Å²) in [4.78, 5) is 0. The molecule has 0 aliphatic rings. The second kappa shape index (κ2) is 8.24. The van der Waals surface area contributed by atoms with Crippen LogP contribution in [-0.4, -0.2) is 35.2 Å². The summed E-state index contributed by atoms with van der Waals surface area (Å²) >= 11 is 0. The van der Waals surface area contributed by atoms with E-state index in [1.54, 1.807) is 0 Å². The standard InChI is InChI=1S/C10H25NO3Si/c1-5-12-15(13-6-2,14-7-3)10(4)8-9-11/h10H,5-9,11H2,1-4H3. The lowest BCUT2D eigenvalue weighted by molar-refractivity contribution is 0.0617. The average Bonchev–Trinajstić information content (AvgIpc) is 2.19. The Balaban J connectivity index is 4.57. The Morgan fingerprint density at radius 3 is 1.67 bits per heavy atom. The molecule has 0 heterocycles. The van der Waals surface area contributed by atoms with Gasteiger partial charge in [-0.25, -0.2) is 0 Å². The van der Waals surface area contributed by atoms with Crippen molar-refractivity contribution in [3.05, 3.63) is 0 Å². The molecule has 0 aromatic carbocycles. The second-order valence-corrected chi connectivity index (χ2v) is 6.44. The van der Waals surface area contributed by atoms with Crippen molar-refractivity contribution in [2.24, 2.45) is 5.73 Å². The van der Waals surface area contributed by atoms with E-state index in [1.807, 2.05) is 20.8 Å². The maximum Gasteiger partial charge on any atom is 0.503 e. The highest BCUT2D eigenvalue weighted by Gasteiger charge is 2.46. The summed E-state index contributed by atoms with van der Waals surface area (Å²) in [5, 5.41) is 0. The molecule has 0 radical (unpaired) electrons. The van der Waals surface area contributed by atoms with Crippen LogP contribution in [0.4, 0.5) is 0 Å². The number of hydrogen-bond acceptors (Lipinski definition) is 4. The molecule has 0 bridgehead atoms. The van der Waals surface area contributed by atoms with Crippen molar-refractivity contribution in [2.75, 3.05) is 26.4 Å². The van der Waals surface area contributed by atoms with E-state index in [2.05, 4.69) is 6.92 Å². The Morgan fingerprint density at radius 1 is 1.00 bits per heavy atom. The molecule has 4 nitrogen and oxygen atoms in total. The predicted octanol–water partition coefficient (Wildman–Crippen LogP) is 1.77. The summed E-state index contributed by atoms with van der Waals surface area (Å²) in [5.74, 6) is 0. The normalized spacial score (nSPS) is 14.2. The summed E-state index contributed by atoms with van der Waals surface area (Å²) in [6.45, 7) is 10.5. The summed E-state index contributed by atoms with van der Waals surface area (Å²) < 4.78 is 17.3. The molecule has 0 saturated carbocycles. The molecular formula is C10H25NO3Si. The minimum atomic E-state index is -2.50. The van der Waals surface area contributed by atoms with Crippen LogP contribution in [0.5, 0.6) is 0 Å². The van der Waals surface area contributed by atoms with Gasteiger partial charge in [-0.1, -0.05) is 6.92 Å². The molecule has 0 aliphatic heterocycles. The summed E-state index contributed by atoms with van der Waals surface area (Å²) in [6, 6.07) is 0. The molecule has 0 aromatic rings. The second-order valence-electron chi connectivity index (χ2n) is 3.38. The van der Waals surface area contributed by atoms with Gasteiger partial charge in [0, 0.05) is 25.4 Å². The molecule has 0 saturated heterocycles. The molecule has 0 amide bonds. The van der Waals surface area contributed by atoms with Crippen LogP contribution in [0, 0.1) is 0 Å². The largest absolute Gasteiger partial charge is 0.503 e. The van der Waals surface area contributed by atoms with Gasteiger partial charge in [0.1, 0.15) is 0 Å². The number of rotatable bonds is 9. The molecule has 0 rings (SSSR count). The van der Waals surface area contributed by atoms with Crippen molar-refractivity contribution in [3.8, 4) is 0 Å². The fourth-order valence-corrected chi connectivity index (χ4v) is 4.41. The lowest BCUT2D eigenvalue weighted by atomic mass is 10.3. The van der Waals surface area contributed by atoms with Crippen molar-refractivity contribution >= 4 is 8.80 Å². The first-order valence-corrected chi connectivity index (χ1v) is 7.58. The van der Waals surface area contributed by atoms with Gasteiger partial charge in [0.25, 0.3) is 0 Å². The van der Waals surface area contributed by atoms with E-state index in [4.69, 9.17) is 19.0 Å². The Bertz CT molecular complexity index is 141. The van der Waals surface area contributed by atoms with Gasteiger partial charge in [0.2, 0.25) is 0 Å². The summed E-state index contributed by atoms with van der Waals surface area (Å²) in [5.41, 5.74) is 5.84. The first kappa shape index (κ1) is 15.1. The lowest BCUT2D eigenvalue weighted by Gasteiger charge is -2.33. The molecule has 2 N–H and O–H groups in total. The van der Waals surface area contributed by atoms with Crippen molar-refractivity contribution < 1.29 is 13.3 Å². The van der Waals surface area contributed by atoms with Crippen LogP contribution < -0.4 is 5.73 Å². The first-order chi connectivity index (χ1) is 7.16. The van der Waals surface area contributed by atoms with Crippen LogP contribution in [0.3, 0.4) is 0 Å². The highest BCUT2D eigenvalue weighted by atomic mass is 28.4. The molecule has 0 aliphatic carbocycles. The average molecular weight is 235 g/mol. The minimum Gasteiger partial charge on any atom is -0.374 e. The number of nitrogens with two attached hydrogens (primary N) is 1. The zero-order valence-electron chi connectivity index (χ0n) is 10.4. The van der Waals surface area contributed by atoms with Gasteiger partial charge in [0.15, 0.2) is 0 Å². The van der Waals surface area contributed by atoms with E-state index in [1.165, 1.54) is 0 Å². The predicted molar refractivity (Wildman–Crippen MR) is 63.7 cm³/mol. The molecule has 1 atom stereocenters. The third-order valence-corrected chi connectivity index (χ3v) is 5.81. The Kier molecular flexibility index (Phi) is 8.27. The minimum absolute atomic E-state index is 0.266. The SMILES string of the molecule is CCO[Si](OCC)(OCC)C(C)CCN. The molecule has 0 aromatic heterocycles. The summed E-state index contributed by atoms with van der Waals surface area (Å²) in [7, 11) is -2.50. The topological polar surface area (TPSA) is 53.7 Å². The molecule has 92 valence electrons. The van der Waals surface area contributed by atoms with E-state index in [0.717, 1.165) is 6.42 Å². The third kappa shape index (κ3) is 4.61. The van der Waals surface area contributed by atoms with Crippen molar-refractivity contribution in [1.29, 1.82) is 0 Å². The van der Waals surface area contributed by atoms with Gasteiger partial charge in [-0.3, -0.25) is 0 Å². The van der Waals surface area contributed by atoms with Crippen LogP contribution >= 0.6 is 0 Å². The Hall–Kier alpha value is 0.0569. The van der Waals surface area contributed by atoms with Crippen LogP contribution in [-0.2, 0) is 13.3 Å². The highest BCUT2D eigenvalue weighted by Crippen LogP contribution is 2.28. The Labute approximate surface area is 94.5 Å². The van der Waals surface area contributed by atoms with E-state index in [9.17, 15) is 0 Å². The number of hydrogen-bond donors (Lipinski definition) is 1. The lowest BCUT2D eigenvalue weighted by Crippen LogP contribution is -2.50. The zero-order chi connectivity index (χ0) is 11.7. The third-order valence-electron chi connectivity index (χ3n) is 2.24. The van der Waals surface area contributed by atoms with E-state index in [0.29, 0.717) is 26.4 Å². The first-order valence-electron chi connectivity index (χ1n) is 5.78. The molecule has 0 fully saturated rings. The van der Waals surface area contributed by atoms with Gasteiger partial charge >= 0.3 is 8.80 Å². The van der Waals surface area contributed by atoms with Crippen LogP contribution in [0.2, 0.25) is 5.54 Å². The molecule has 5 heteroatoms. The van der Waals surface area contributed by atoms with Gasteiger partial charge < -0.3 is 19.0 Å². The van der Waals surface area contributed by atoms with Crippen LogP contribution in [0.1, 0.15) is 34.1 Å². The van der Waals surface area contributed by atoms with Crippen molar-refractivity contribution in [2.45, 2.75) is 39.7 Å². The van der Waals surface area contributed by atoms with Gasteiger partial charge in [-0.15, -0.1) is 0 Å². The van der Waals surface area contributed by atoms with Gasteiger partial charge in [-0.05, 0) is 33.7 Å². The smallest absolute Gasteiger partial charge is 0.374 e. The summed E-state index contributed by atoms with van der Waals surface area (Å²) in [6.07, 6.45) is 0.881. The van der Waals surface area contributed by atoms with Crippen molar-refractivity contribution in [3.63, 3.8) is 0 Å². The Morgan fingerprint density at radius 2 is 1.40 bits per heavy atom. The maximum absolute atomic E-state index is 5.76. The van der Waals surface area contributed by atoms with E-state index in [-0.39, 0.29) is 5.54 Å². The molecule has 15 heavy (non-hydrogen) atoms. The maximum atomic E-state index is 5.76. The van der Waals surface area contributed by atoms with Gasteiger partial charge in [0.05, 0.1) is 0 Å². The van der Waals surface area contributed by atoms with Gasteiger partial charge in [-0.2, -0.15) is 0 Å². The quantitative estimate of drug-likeness (QED) is 0.619. The zero-order valence-corrected chi connectivity index (χ0v) is 11.4. The fourth-order valence-electron chi connectivity index (χ4n) is 1.58. The monoisotopic (exact) mass is 235 g/mol. The highest BCUT2D eigenvalue weighted by molar-refractivity contribution is 6.62. The van der Waals surface area contributed by atoms with Crippen LogP contribution in [0.15, 0.2) is 0 Å².